The minimum atomic E-state index is -1.49. The van der Waals surface area contributed by atoms with E-state index < -0.39 is 68.3 Å². The first-order chi connectivity index (χ1) is 20.2. The molecule has 0 radical (unpaired) electrons. The number of hydrogen-bond donors (Lipinski definition) is 9. The minimum Gasteiger partial charge on any atom is -0.508 e. The molecule has 1 saturated heterocycles. The predicted octanol–water partition coefficient (Wildman–Crippen LogP) is -2.81. The lowest BCUT2D eigenvalue weighted by atomic mass is 9.93. The number of anilines is 1. The Morgan fingerprint density at radius 3 is 2.45 bits per heavy atom. The molecule has 220 valence electrons. The predicted molar refractivity (Wildman–Crippen MR) is 145 cm³/mol. The van der Waals surface area contributed by atoms with Crippen LogP contribution in [0.1, 0.15) is 26.3 Å². The molecule has 42 heavy (non-hydrogen) atoms. The number of benzene rings is 1. The quantitative estimate of drug-likeness (QED) is 0.158. The molecule has 14 heteroatoms. The van der Waals surface area contributed by atoms with Crippen LogP contribution < -0.4 is 20.9 Å². The Labute approximate surface area is 236 Å². The van der Waals surface area contributed by atoms with Crippen molar-refractivity contribution >= 4 is 40.1 Å². The Balaban J connectivity index is 1.56. The van der Waals surface area contributed by atoms with Crippen LogP contribution in [0.25, 0.3) is 22.6 Å². The molecule has 0 bridgehead atoms. The lowest BCUT2D eigenvalue weighted by molar-refractivity contribution is -0.0227. The van der Waals surface area contributed by atoms with Crippen LogP contribution in [-0.4, -0.2) is 114 Å². The van der Waals surface area contributed by atoms with E-state index in [2.05, 4.69) is 10.4 Å². The average molecular weight is 581 g/mol. The van der Waals surface area contributed by atoms with Crippen molar-refractivity contribution in [2.24, 2.45) is 0 Å². The Hall–Kier alpha value is -4.02. The number of nitrogens with zero attached hydrogens (tertiary/aromatic N) is 2. The molecule has 2 aliphatic carbocycles. The summed E-state index contributed by atoms with van der Waals surface area (Å²) in [4.78, 5) is 32.8. The van der Waals surface area contributed by atoms with Crippen molar-refractivity contribution in [3.63, 3.8) is 0 Å². The van der Waals surface area contributed by atoms with E-state index in [-0.39, 0.29) is 29.1 Å². The maximum absolute atomic E-state index is 14.0. The summed E-state index contributed by atoms with van der Waals surface area (Å²) in [5.74, 6) is -1.55. The van der Waals surface area contributed by atoms with Gasteiger partial charge in [-0.2, -0.15) is 0 Å². The molecule has 1 unspecified atom stereocenters. The molecule has 2 amide bonds. The second-order valence-corrected chi connectivity index (χ2v) is 10.8. The van der Waals surface area contributed by atoms with Crippen molar-refractivity contribution in [3.8, 4) is 0 Å². The number of amides is 2. The van der Waals surface area contributed by atoms with E-state index in [1.165, 1.54) is 18.2 Å². The number of hydrazine groups is 1. The molecule has 1 aromatic heterocycles. The number of carbonyl (C=O) groups excluding carboxylic acids is 2. The van der Waals surface area contributed by atoms with Crippen LogP contribution in [-0.2, 0) is 11.2 Å². The first kappa shape index (κ1) is 26.9. The Bertz CT molecular complexity index is 1770. The number of allylic oxidation sites excluding steroid dienone is 3. The summed E-state index contributed by atoms with van der Waals surface area (Å²) in [6.07, 6.45) is 2.49. The number of H-pyrrole nitrogens is 1. The zero-order chi connectivity index (χ0) is 29.6. The molecule has 0 saturated carbocycles. The zero-order valence-corrected chi connectivity index (χ0v) is 21.9. The number of fused-ring (bicyclic) bond motifs is 9. The highest BCUT2D eigenvalue weighted by Crippen LogP contribution is 2.43. The molecular weight excluding hydrogens is 552 g/mol. The van der Waals surface area contributed by atoms with Crippen molar-refractivity contribution in [1.29, 1.82) is 0 Å². The minimum absolute atomic E-state index is 0.000856. The summed E-state index contributed by atoms with van der Waals surface area (Å²) in [7, 11) is 0. The van der Waals surface area contributed by atoms with Gasteiger partial charge >= 0.3 is 0 Å². The van der Waals surface area contributed by atoms with Crippen molar-refractivity contribution in [2.75, 3.05) is 24.7 Å². The van der Waals surface area contributed by atoms with Crippen LogP contribution >= 0.6 is 0 Å². The molecule has 3 aliphatic heterocycles. The van der Waals surface area contributed by atoms with E-state index in [1.807, 2.05) is 0 Å². The molecule has 14 nitrogen and oxygen atoms in total. The number of aromatic nitrogens is 1. The van der Waals surface area contributed by atoms with E-state index in [9.17, 15) is 45.3 Å². The van der Waals surface area contributed by atoms with Crippen LogP contribution in [0.5, 0.6) is 0 Å². The topological polar surface area (TPSA) is 219 Å². The van der Waals surface area contributed by atoms with Gasteiger partial charge in [0.05, 0.1) is 54.2 Å². The summed E-state index contributed by atoms with van der Waals surface area (Å²) in [5, 5.41) is 73.4. The zero-order valence-electron chi connectivity index (χ0n) is 21.9. The SMILES string of the molecule is O=C1c2c(c3c4c([nH]c3c3c2=C2C=CC(O)=CC2N3[C@H]2O[C@H](CO)[C@@H](O)[C@@H]2O)=CC(O)=CC4)C(=O)N1NC(CO)CO. The second-order valence-electron chi connectivity index (χ2n) is 10.8. The Morgan fingerprint density at radius 2 is 1.76 bits per heavy atom. The highest BCUT2D eigenvalue weighted by molar-refractivity contribution is 6.29. The largest absolute Gasteiger partial charge is 0.508 e. The van der Waals surface area contributed by atoms with Gasteiger partial charge in [-0.15, -0.1) is 0 Å². The normalized spacial score (nSPS) is 27.9. The number of rotatable bonds is 6. The van der Waals surface area contributed by atoms with Crippen LogP contribution in [0.2, 0.25) is 0 Å². The Morgan fingerprint density at radius 1 is 1.02 bits per heavy atom. The van der Waals surface area contributed by atoms with Gasteiger partial charge in [-0.1, -0.05) is 6.08 Å². The fourth-order valence-corrected chi connectivity index (χ4v) is 6.55. The smallest absolute Gasteiger partial charge is 0.276 e. The second kappa shape index (κ2) is 9.50. The molecular formula is C28H28N4O10. The van der Waals surface area contributed by atoms with Gasteiger partial charge in [0, 0.05) is 22.0 Å². The molecule has 2 aromatic rings. The Kier molecular flexibility index (Phi) is 6.07. The third-order valence-corrected chi connectivity index (χ3v) is 8.47. The van der Waals surface area contributed by atoms with Crippen molar-refractivity contribution in [1.82, 2.24) is 15.4 Å². The number of carbonyl (C=O) groups is 2. The number of aromatic amines is 1. The molecule has 0 spiro atoms. The number of hydrogen-bond acceptors (Lipinski definition) is 12. The van der Waals surface area contributed by atoms with E-state index >= 15 is 0 Å². The first-order valence-corrected chi connectivity index (χ1v) is 13.4. The molecule has 5 aliphatic rings. The van der Waals surface area contributed by atoms with Gasteiger partial charge < -0.3 is 50.4 Å². The molecule has 4 heterocycles. The van der Waals surface area contributed by atoms with Gasteiger partial charge in [-0.05, 0) is 35.8 Å². The lowest BCUT2D eigenvalue weighted by Crippen LogP contribution is -2.51. The number of imide groups is 1. The summed E-state index contributed by atoms with van der Waals surface area (Å²) < 4.78 is 5.92. The van der Waals surface area contributed by atoms with Crippen LogP contribution in [0.15, 0.2) is 35.8 Å². The van der Waals surface area contributed by atoms with E-state index in [0.29, 0.717) is 38.3 Å². The average Bonchev–Trinajstić information content (AvgIpc) is 3.66. The summed E-state index contributed by atoms with van der Waals surface area (Å²) in [6, 6.07) is -1.82. The molecule has 5 atom stereocenters. The summed E-state index contributed by atoms with van der Waals surface area (Å²) in [5.41, 5.74) is 4.57. The summed E-state index contributed by atoms with van der Waals surface area (Å²) in [6.45, 7) is -1.68. The van der Waals surface area contributed by atoms with Gasteiger partial charge in [0.2, 0.25) is 0 Å². The first-order valence-electron chi connectivity index (χ1n) is 13.4. The molecule has 7 rings (SSSR count). The van der Waals surface area contributed by atoms with Gasteiger partial charge in [-0.3, -0.25) is 9.59 Å². The fraction of sp³-hybridized carbons (Fsp3) is 0.357. The number of nitrogens with one attached hydrogen (secondary N) is 2. The van der Waals surface area contributed by atoms with Crippen LogP contribution in [0.3, 0.4) is 0 Å². The highest BCUT2D eigenvalue weighted by atomic mass is 16.6. The monoisotopic (exact) mass is 580 g/mol. The van der Waals surface area contributed by atoms with Crippen molar-refractivity contribution < 1.29 is 50.1 Å². The van der Waals surface area contributed by atoms with Gasteiger partial charge in [-0.25, -0.2) is 10.4 Å². The number of aliphatic hydroxyl groups is 7. The van der Waals surface area contributed by atoms with Crippen LogP contribution in [0.4, 0.5) is 5.69 Å². The highest BCUT2D eigenvalue weighted by Gasteiger charge is 2.52. The van der Waals surface area contributed by atoms with E-state index in [1.54, 1.807) is 17.1 Å². The third-order valence-electron chi connectivity index (χ3n) is 8.47. The number of ether oxygens (including phenoxy) is 1. The van der Waals surface area contributed by atoms with Gasteiger partial charge in [0.25, 0.3) is 11.8 Å². The number of aliphatic hydroxyl groups excluding tert-OH is 7. The van der Waals surface area contributed by atoms with Gasteiger partial charge in [0.15, 0.2) is 6.23 Å². The van der Waals surface area contributed by atoms with Gasteiger partial charge in [0.1, 0.15) is 29.8 Å². The molecule has 1 aromatic carbocycles. The lowest BCUT2D eigenvalue weighted by Gasteiger charge is -2.35. The maximum Gasteiger partial charge on any atom is 0.276 e. The van der Waals surface area contributed by atoms with Crippen molar-refractivity contribution in [2.45, 2.75) is 43.0 Å². The fourth-order valence-electron chi connectivity index (χ4n) is 6.55. The van der Waals surface area contributed by atoms with E-state index in [4.69, 9.17) is 4.74 Å². The van der Waals surface area contributed by atoms with E-state index in [0.717, 1.165) is 5.01 Å². The standard InChI is InChI=1S/C28H28N4O10/c33-7-10(8-34)30-32-26(40)20-18-13-3-1-11(36)5-15(13)29-22(18)23-19(21(20)27(32)41)14-4-2-12(37)6-16(14)31(23)28-25(39)24(38)17(9-35)42-28/h1-2,4-6,10,16-17,24-25,28-30,33-39H,3,7-9H2/t16?,17-,24-,25+,28+/m1/s1. The molecule has 1 fully saturated rings. The van der Waals surface area contributed by atoms with Crippen LogP contribution in [0, 0.1) is 0 Å². The van der Waals surface area contributed by atoms with Crippen molar-refractivity contribution in [3.05, 3.63) is 63.1 Å². The summed E-state index contributed by atoms with van der Waals surface area (Å²) >= 11 is 0. The molecule has 9 N–H and O–H groups in total. The third kappa shape index (κ3) is 3.51. The maximum atomic E-state index is 14.0.